The monoisotopic (exact) mass is 272 g/mol. The van der Waals surface area contributed by atoms with Crippen LogP contribution in [0, 0.1) is 5.82 Å². The van der Waals surface area contributed by atoms with E-state index in [0.29, 0.717) is 5.69 Å². The van der Waals surface area contributed by atoms with Crippen LogP contribution < -0.4 is 11.1 Å². The van der Waals surface area contributed by atoms with Gasteiger partial charge in [0.05, 0.1) is 5.69 Å². The molecule has 0 aliphatic rings. The van der Waals surface area contributed by atoms with E-state index in [9.17, 15) is 13.4 Å². The minimum atomic E-state index is -1.20. The number of halogens is 1. The Morgan fingerprint density at radius 1 is 1.56 bits per heavy atom. The molecule has 1 amide bonds. The molecule has 0 bridgehead atoms. The van der Waals surface area contributed by atoms with Crippen LogP contribution in [0.4, 0.5) is 15.8 Å². The molecule has 2 atom stereocenters. The fraction of sp³-hybridized carbons (Fsp3) is 0.417. The third kappa shape index (κ3) is 4.10. The molecule has 1 aromatic carbocycles. The summed E-state index contributed by atoms with van der Waals surface area (Å²) in [5, 5.41) is 2.52. The smallest absolute Gasteiger partial charge is 0.237 e. The Labute approximate surface area is 108 Å². The van der Waals surface area contributed by atoms with Crippen molar-refractivity contribution in [2.45, 2.75) is 25.5 Å². The van der Waals surface area contributed by atoms with Crippen LogP contribution in [-0.4, -0.2) is 21.1 Å². The van der Waals surface area contributed by atoms with Crippen LogP contribution in [0.5, 0.6) is 0 Å². The Kier molecular flexibility index (Phi) is 5.27. The molecule has 4 nitrogen and oxygen atoms in total. The van der Waals surface area contributed by atoms with Gasteiger partial charge in [-0.2, -0.15) is 0 Å². The highest BCUT2D eigenvalue weighted by atomic mass is 32.2. The van der Waals surface area contributed by atoms with Gasteiger partial charge in [0.25, 0.3) is 0 Å². The largest absolute Gasteiger partial charge is 0.396 e. The molecule has 18 heavy (non-hydrogen) atoms. The van der Waals surface area contributed by atoms with Crippen molar-refractivity contribution in [1.29, 1.82) is 0 Å². The number of nitrogen functional groups attached to an aromatic ring is 1. The lowest BCUT2D eigenvalue weighted by Crippen LogP contribution is -2.24. The van der Waals surface area contributed by atoms with Crippen LogP contribution in [0.25, 0.3) is 0 Å². The summed E-state index contributed by atoms with van der Waals surface area (Å²) in [6.07, 6.45) is 0.753. The van der Waals surface area contributed by atoms with Gasteiger partial charge in [0.2, 0.25) is 5.91 Å². The molecule has 3 N–H and O–H groups in total. The summed E-state index contributed by atoms with van der Waals surface area (Å²) in [4.78, 5) is 11.6. The molecule has 0 heterocycles. The van der Waals surface area contributed by atoms with Gasteiger partial charge >= 0.3 is 0 Å². The zero-order valence-electron chi connectivity index (χ0n) is 10.4. The second kappa shape index (κ2) is 6.49. The van der Waals surface area contributed by atoms with Gasteiger partial charge in [-0.15, -0.1) is 0 Å². The third-order valence-electron chi connectivity index (χ3n) is 2.58. The lowest BCUT2D eigenvalue weighted by Gasteiger charge is -2.09. The molecule has 2 unspecified atom stereocenters. The molecule has 0 saturated carbocycles. The van der Waals surface area contributed by atoms with Crippen molar-refractivity contribution < 1.29 is 13.4 Å². The maximum absolute atomic E-state index is 12.9. The Balaban J connectivity index is 2.59. The van der Waals surface area contributed by atoms with Crippen LogP contribution in [0.3, 0.4) is 0 Å². The quantitative estimate of drug-likeness (QED) is 0.804. The molecule has 0 aliphatic carbocycles. The summed E-state index contributed by atoms with van der Waals surface area (Å²) in [6, 6.07) is 3.92. The molecule has 1 rings (SSSR count). The molecule has 0 aromatic heterocycles. The number of nitrogens with two attached hydrogens (primary N) is 1. The highest BCUT2D eigenvalue weighted by molar-refractivity contribution is 7.86. The number of rotatable bonds is 5. The van der Waals surface area contributed by atoms with E-state index in [0.717, 1.165) is 6.42 Å². The first-order chi connectivity index (χ1) is 8.43. The second-order valence-electron chi connectivity index (χ2n) is 4.03. The van der Waals surface area contributed by atoms with E-state index in [1.165, 1.54) is 18.2 Å². The van der Waals surface area contributed by atoms with Crippen LogP contribution in [-0.2, 0) is 15.6 Å². The first kappa shape index (κ1) is 14.6. The maximum atomic E-state index is 12.9. The highest BCUT2D eigenvalue weighted by Crippen LogP contribution is 2.16. The van der Waals surface area contributed by atoms with E-state index in [1.54, 1.807) is 0 Å². The average molecular weight is 272 g/mol. The zero-order valence-corrected chi connectivity index (χ0v) is 11.2. The van der Waals surface area contributed by atoms with E-state index in [1.807, 2.05) is 13.8 Å². The Morgan fingerprint density at radius 3 is 2.78 bits per heavy atom. The van der Waals surface area contributed by atoms with Gasteiger partial charge in [-0.05, 0) is 24.6 Å². The predicted octanol–water partition coefficient (Wildman–Crippen LogP) is 1.89. The molecule has 0 saturated heterocycles. The molecule has 0 spiro atoms. The number of hydrogen-bond acceptors (Lipinski definition) is 3. The molecule has 6 heteroatoms. The molecule has 0 fully saturated rings. The zero-order chi connectivity index (χ0) is 13.7. The van der Waals surface area contributed by atoms with Crippen molar-refractivity contribution in [1.82, 2.24) is 0 Å². The number of anilines is 2. The maximum Gasteiger partial charge on any atom is 0.237 e. The third-order valence-corrected chi connectivity index (χ3v) is 4.35. The van der Waals surface area contributed by atoms with E-state index in [-0.39, 0.29) is 22.6 Å². The van der Waals surface area contributed by atoms with E-state index in [4.69, 9.17) is 5.73 Å². The molecule has 1 aromatic rings. The molecule has 0 aliphatic heterocycles. The van der Waals surface area contributed by atoms with Gasteiger partial charge in [-0.1, -0.05) is 13.8 Å². The van der Waals surface area contributed by atoms with Crippen LogP contribution in [0.15, 0.2) is 18.2 Å². The summed E-state index contributed by atoms with van der Waals surface area (Å²) >= 11 is 0. The van der Waals surface area contributed by atoms with Crippen molar-refractivity contribution in [3.63, 3.8) is 0 Å². The highest BCUT2D eigenvalue weighted by Gasteiger charge is 2.13. The predicted molar refractivity (Wildman–Crippen MR) is 72.2 cm³/mol. The standard InChI is InChI=1S/C12H17FN2O2S/c1-3-8(2)18(17)7-12(16)15-9-4-5-10(13)11(14)6-9/h4-6,8H,3,7,14H2,1-2H3,(H,15,16). The number of nitrogens with one attached hydrogen (secondary N) is 1. The van der Waals surface area contributed by atoms with E-state index in [2.05, 4.69) is 5.32 Å². The summed E-state index contributed by atoms with van der Waals surface area (Å²) in [5.74, 6) is -0.956. The first-order valence-electron chi connectivity index (χ1n) is 5.66. The number of carbonyl (C=O) groups is 1. The van der Waals surface area contributed by atoms with Crippen molar-refractivity contribution in [3.8, 4) is 0 Å². The average Bonchev–Trinajstić information content (AvgIpc) is 2.32. The fourth-order valence-corrected chi connectivity index (χ4v) is 2.26. The number of benzene rings is 1. The van der Waals surface area contributed by atoms with Crippen LogP contribution >= 0.6 is 0 Å². The SMILES string of the molecule is CCC(C)S(=O)CC(=O)Nc1ccc(F)c(N)c1. The molecular weight excluding hydrogens is 255 g/mol. The van der Waals surface area contributed by atoms with Gasteiger partial charge in [-0.25, -0.2) is 4.39 Å². The number of carbonyl (C=O) groups excluding carboxylic acids is 1. The minimum absolute atomic E-state index is 0.0194. The Hall–Kier alpha value is -1.43. The summed E-state index contributed by atoms with van der Waals surface area (Å²) in [5.41, 5.74) is 5.75. The van der Waals surface area contributed by atoms with E-state index >= 15 is 0 Å². The fourth-order valence-electron chi connectivity index (χ4n) is 1.28. The number of amides is 1. The lowest BCUT2D eigenvalue weighted by atomic mass is 10.2. The normalized spacial score (nSPS) is 13.9. The molecule has 100 valence electrons. The summed E-state index contributed by atoms with van der Waals surface area (Å²) in [7, 11) is -1.20. The van der Waals surface area contributed by atoms with Crippen molar-refractivity contribution in [3.05, 3.63) is 24.0 Å². The number of hydrogen-bond donors (Lipinski definition) is 2. The summed E-state index contributed by atoms with van der Waals surface area (Å²) in [6.45, 7) is 3.75. The topological polar surface area (TPSA) is 72.2 Å². The molecular formula is C12H17FN2O2S. The Bertz CT molecular complexity index is 465. The lowest BCUT2D eigenvalue weighted by molar-refractivity contribution is -0.113. The van der Waals surface area contributed by atoms with Crippen LogP contribution in [0.2, 0.25) is 0 Å². The van der Waals surface area contributed by atoms with Gasteiger partial charge in [0, 0.05) is 21.7 Å². The van der Waals surface area contributed by atoms with Crippen LogP contribution in [0.1, 0.15) is 20.3 Å². The Morgan fingerprint density at radius 2 is 2.22 bits per heavy atom. The molecule has 0 radical (unpaired) electrons. The van der Waals surface area contributed by atoms with Crippen molar-refractivity contribution in [2.75, 3.05) is 16.8 Å². The van der Waals surface area contributed by atoms with Gasteiger partial charge < -0.3 is 11.1 Å². The van der Waals surface area contributed by atoms with Gasteiger partial charge in [0.1, 0.15) is 11.6 Å². The van der Waals surface area contributed by atoms with Gasteiger partial charge in [0.15, 0.2) is 0 Å². The first-order valence-corrected chi connectivity index (χ1v) is 7.04. The second-order valence-corrected chi connectivity index (χ2v) is 5.88. The summed E-state index contributed by atoms with van der Waals surface area (Å²) < 4.78 is 24.6. The van der Waals surface area contributed by atoms with E-state index < -0.39 is 16.6 Å². The minimum Gasteiger partial charge on any atom is -0.396 e. The van der Waals surface area contributed by atoms with Crippen molar-refractivity contribution >= 4 is 28.1 Å². The van der Waals surface area contributed by atoms with Crippen molar-refractivity contribution in [2.24, 2.45) is 0 Å². The van der Waals surface area contributed by atoms with Gasteiger partial charge in [-0.3, -0.25) is 9.00 Å².